The van der Waals surface area contributed by atoms with E-state index >= 15 is 0 Å². The highest BCUT2D eigenvalue weighted by Gasteiger charge is 2.30. The molecule has 1 aliphatic rings. The topological polar surface area (TPSA) is 95.8 Å². The number of nitrogens with zero attached hydrogens (tertiary/aromatic N) is 3. The molecule has 1 heterocycles. The van der Waals surface area contributed by atoms with Gasteiger partial charge < -0.3 is 15.1 Å². The molecule has 1 saturated heterocycles. The van der Waals surface area contributed by atoms with Gasteiger partial charge in [0, 0.05) is 33.3 Å². The van der Waals surface area contributed by atoms with Crippen LogP contribution in [0, 0.1) is 29.9 Å². The van der Waals surface area contributed by atoms with E-state index in [9.17, 15) is 19.7 Å². The minimum absolute atomic E-state index is 0.0141. The number of nitro groups is 1. The third-order valence-electron chi connectivity index (χ3n) is 4.57. The number of amides is 3. The summed E-state index contributed by atoms with van der Waals surface area (Å²) in [6, 6.07) is 2.73. The first-order valence-corrected chi connectivity index (χ1v) is 8.24. The Morgan fingerprint density at radius 3 is 2.60 bits per heavy atom. The van der Waals surface area contributed by atoms with Crippen LogP contribution < -0.4 is 5.32 Å². The van der Waals surface area contributed by atoms with E-state index in [1.165, 1.54) is 6.07 Å². The maximum Gasteiger partial charge on any atom is 0.321 e. The first kappa shape index (κ1) is 18.7. The molecule has 0 aromatic heterocycles. The molecule has 8 heteroatoms. The number of urea groups is 1. The summed E-state index contributed by atoms with van der Waals surface area (Å²) in [5.41, 5.74) is 1.62. The SMILES string of the molecule is Cc1ccc([N+](=O)[O-])c(C)c1NC(=O)N1CCCC(C(=O)N(C)C)C1. The van der Waals surface area contributed by atoms with Crippen LogP contribution in [-0.2, 0) is 4.79 Å². The summed E-state index contributed by atoms with van der Waals surface area (Å²) in [5, 5.41) is 13.9. The van der Waals surface area contributed by atoms with Crippen LogP contribution in [0.3, 0.4) is 0 Å². The van der Waals surface area contributed by atoms with Crippen molar-refractivity contribution in [2.75, 3.05) is 32.5 Å². The number of aryl methyl sites for hydroxylation is 1. The lowest BCUT2D eigenvalue weighted by atomic mass is 9.97. The van der Waals surface area contributed by atoms with Gasteiger partial charge in [0.2, 0.25) is 5.91 Å². The molecule has 25 heavy (non-hydrogen) atoms. The van der Waals surface area contributed by atoms with Crippen LogP contribution >= 0.6 is 0 Å². The molecule has 1 unspecified atom stereocenters. The molecule has 136 valence electrons. The Kier molecular flexibility index (Phi) is 5.61. The Morgan fingerprint density at radius 2 is 2.00 bits per heavy atom. The van der Waals surface area contributed by atoms with Crippen LogP contribution in [0.4, 0.5) is 16.2 Å². The molecule has 3 amide bonds. The van der Waals surface area contributed by atoms with E-state index in [0.29, 0.717) is 24.3 Å². The van der Waals surface area contributed by atoms with E-state index in [1.54, 1.807) is 43.8 Å². The third kappa shape index (κ3) is 4.07. The second kappa shape index (κ2) is 7.50. The molecule has 0 saturated carbocycles. The molecule has 1 N–H and O–H groups in total. The van der Waals surface area contributed by atoms with Gasteiger partial charge in [-0.1, -0.05) is 6.07 Å². The lowest BCUT2D eigenvalue weighted by molar-refractivity contribution is -0.385. The molecule has 0 bridgehead atoms. The van der Waals surface area contributed by atoms with E-state index in [0.717, 1.165) is 18.4 Å². The zero-order valence-electron chi connectivity index (χ0n) is 15.0. The monoisotopic (exact) mass is 348 g/mol. The minimum Gasteiger partial charge on any atom is -0.349 e. The molecule has 2 rings (SSSR count). The number of nitrogens with one attached hydrogen (secondary N) is 1. The van der Waals surface area contributed by atoms with E-state index in [1.807, 2.05) is 0 Å². The average molecular weight is 348 g/mol. The number of hydrogen-bond donors (Lipinski definition) is 1. The van der Waals surface area contributed by atoms with Crippen LogP contribution in [0.15, 0.2) is 12.1 Å². The molecule has 0 spiro atoms. The summed E-state index contributed by atoms with van der Waals surface area (Å²) in [7, 11) is 3.41. The van der Waals surface area contributed by atoms with Gasteiger partial charge in [-0.25, -0.2) is 4.79 Å². The van der Waals surface area contributed by atoms with Crippen molar-refractivity contribution in [1.29, 1.82) is 0 Å². The first-order valence-electron chi connectivity index (χ1n) is 8.24. The number of hydrogen-bond acceptors (Lipinski definition) is 4. The number of anilines is 1. The molecule has 1 atom stereocenters. The second-order valence-electron chi connectivity index (χ2n) is 6.61. The summed E-state index contributed by atoms with van der Waals surface area (Å²) in [5.74, 6) is -0.193. The average Bonchev–Trinajstić information content (AvgIpc) is 2.57. The van der Waals surface area contributed by atoms with Crippen molar-refractivity contribution < 1.29 is 14.5 Å². The van der Waals surface area contributed by atoms with Crippen LogP contribution in [0.2, 0.25) is 0 Å². The Labute approximate surface area is 146 Å². The molecule has 1 fully saturated rings. The van der Waals surface area contributed by atoms with Gasteiger partial charge in [0.15, 0.2) is 0 Å². The smallest absolute Gasteiger partial charge is 0.321 e. The fraction of sp³-hybridized carbons (Fsp3) is 0.529. The summed E-state index contributed by atoms with van der Waals surface area (Å²) in [6.45, 7) is 4.34. The van der Waals surface area contributed by atoms with Gasteiger partial charge in [-0.15, -0.1) is 0 Å². The number of likely N-dealkylation sites (tertiary alicyclic amines) is 1. The van der Waals surface area contributed by atoms with E-state index in [4.69, 9.17) is 0 Å². The van der Waals surface area contributed by atoms with Gasteiger partial charge in [-0.05, 0) is 32.3 Å². The predicted molar refractivity (Wildman–Crippen MR) is 94.6 cm³/mol. The second-order valence-corrected chi connectivity index (χ2v) is 6.61. The molecular weight excluding hydrogens is 324 g/mol. The molecule has 1 aromatic carbocycles. The van der Waals surface area contributed by atoms with Crippen molar-refractivity contribution in [1.82, 2.24) is 9.80 Å². The van der Waals surface area contributed by atoms with Gasteiger partial charge in [0.05, 0.1) is 22.1 Å². The summed E-state index contributed by atoms with van der Waals surface area (Å²) in [6.07, 6.45) is 1.51. The highest BCUT2D eigenvalue weighted by atomic mass is 16.6. The number of carbonyl (C=O) groups excluding carboxylic acids is 2. The number of nitro benzene ring substituents is 1. The molecule has 1 aromatic rings. The standard InChI is InChI=1S/C17H24N4O4/c1-11-7-8-14(21(24)25)12(2)15(11)18-17(23)20-9-5-6-13(10-20)16(22)19(3)4/h7-8,13H,5-6,9-10H2,1-4H3,(H,18,23). The van der Waals surface area contributed by atoms with E-state index in [2.05, 4.69) is 5.32 Å². The maximum absolute atomic E-state index is 12.6. The van der Waals surface area contributed by atoms with Gasteiger partial charge in [0.1, 0.15) is 0 Å². The van der Waals surface area contributed by atoms with Crippen molar-refractivity contribution in [3.05, 3.63) is 33.4 Å². The highest BCUT2D eigenvalue weighted by molar-refractivity contribution is 5.92. The van der Waals surface area contributed by atoms with Gasteiger partial charge in [0.25, 0.3) is 5.69 Å². The number of rotatable bonds is 3. The maximum atomic E-state index is 12.6. The Morgan fingerprint density at radius 1 is 1.32 bits per heavy atom. The fourth-order valence-corrected chi connectivity index (χ4v) is 3.14. The number of benzene rings is 1. The van der Waals surface area contributed by atoms with Crippen molar-refractivity contribution in [2.45, 2.75) is 26.7 Å². The first-order chi connectivity index (χ1) is 11.7. The zero-order valence-corrected chi connectivity index (χ0v) is 15.0. The van der Waals surface area contributed by atoms with E-state index < -0.39 is 4.92 Å². The Bertz CT molecular complexity index is 702. The van der Waals surface area contributed by atoms with Gasteiger partial charge in [-0.2, -0.15) is 0 Å². The molecule has 0 radical (unpaired) electrons. The van der Waals surface area contributed by atoms with Crippen molar-refractivity contribution >= 4 is 23.3 Å². The number of carbonyl (C=O) groups is 2. The molecule has 8 nitrogen and oxygen atoms in total. The fourth-order valence-electron chi connectivity index (χ4n) is 3.14. The highest BCUT2D eigenvalue weighted by Crippen LogP contribution is 2.29. The van der Waals surface area contributed by atoms with Crippen LogP contribution in [0.5, 0.6) is 0 Å². The lowest BCUT2D eigenvalue weighted by Gasteiger charge is -2.33. The normalized spacial score (nSPS) is 17.1. The number of piperidine rings is 1. The molecule has 0 aliphatic carbocycles. The predicted octanol–water partition coefficient (Wildman–Crippen LogP) is 2.54. The quantitative estimate of drug-likeness (QED) is 0.670. The summed E-state index contributed by atoms with van der Waals surface area (Å²) >= 11 is 0. The molecule has 1 aliphatic heterocycles. The summed E-state index contributed by atoms with van der Waals surface area (Å²) in [4.78, 5) is 38.5. The largest absolute Gasteiger partial charge is 0.349 e. The van der Waals surface area contributed by atoms with Crippen LogP contribution in [0.1, 0.15) is 24.0 Å². The van der Waals surface area contributed by atoms with Crippen LogP contribution in [-0.4, -0.2) is 53.8 Å². The minimum atomic E-state index is -0.461. The van der Waals surface area contributed by atoms with E-state index in [-0.39, 0.29) is 23.5 Å². The van der Waals surface area contributed by atoms with Crippen LogP contribution in [0.25, 0.3) is 0 Å². The third-order valence-corrected chi connectivity index (χ3v) is 4.57. The Balaban J connectivity index is 2.16. The van der Waals surface area contributed by atoms with Gasteiger partial charge in [-0.3, -0.25) is 14.9 Å². The van der Waals surface area contributed by atoms with Crippen molar-refractivity contribution in [3.63, 3.8) is 0 Å². The van der Waals surface area contributed by atoms with Crippen molar-refractivity contribution in [2.24, 2.45) is 5.92 Å². The molecular formula is C17H24N4O4. The van der Waals surface area contributed by atoms with Crippen molar-refractivity contribution in [3.8, 4) is 0 Å². The zero-order chi connectivity index (χ0) is 18.7. The summed E-state index contributed by atoms with van der Waals surface area (Å²) < 4.78 is 0. The van der Waals surface area contributed by atoms with Gasteiger partial charge >= 0.3 is 6.03 Å². The lowest BCUT2D eigenvalue weighted by Crippen LogP contribution is -2.46. The Hall–Kier alpha value is -2.64.